The molecule has 0 bridgehead atoms. The number of methoxy groups -OCH3 is 1. The smallest absolute Gasteiger partial charge is 0.149 e. The second-order valence-corrected chi connectivity index (χ2v) is 5.54. The summed E-state index contributed by atoms with van der Waals surface area (Å²) in [6.45, 7) is 2.66. The van der Waals surface area contributed by atoms with E-state index in [2.05, 4.69) is 4.90 Å². The highest BCUT2D eigenvalue weighted by atomic mass is 16.5. The van der Waals surface area contributed by atoms with Gasteiger partial charge in [0.2, 0.25) is 0 Å². The third-order valence-corrected chi connectivity index (χ3v) is 4.24. The second-order valence-electron chi connectivity index (χ2n) is 5.54. The van der Waals surface area contributed by atoms with Crippen LogP contribution in [0.1, 0.15) is 44.9 Å². The molecular weight excluding hydrogens is 214 g/mol. The first-order valence-corrected chi connectivity index (χ1v) is 7.07. The molecule has 1 aliphatic heterocycles. The molecule has 2 fully saturated rings. The van der Waals surface area contributed by atoms with Crippen LogP contribution in [-0.2, 0) is 9.53 Å². The van der Waals surface area contributed by atoms with Crippen LogP contribution in [0.4, 0.5) is 0 Å². The third-order valence-electron chi connectivity index (χ3n) is 4.24. The summed E-state index contributed by atoms with van der Waals surface area (Å²) in [5, 5.41) is 0. The maximum atomic E-state index is 12.2. The molecule has 0 aromatic heterocycles. The molecule has 0 spiro atoms. The first-order valence-electron chi connectivity index (χ1n) is 7.07. The SMILES string of the molecule is COC1CCCN(CC(=O)C2CCCCC2)C1. The zero-order valence-corrected chi connectivity index (χ0v) is 11.0. The molecule has 98 valence electrons. The molecule has 1 heterocycles. The Hall–Kier alpha value is -0.410. The van der Waals surface area contributed by atoms with E-state index >= 15 is 0 Å². The molecule has 1 atom stereocenters. The molecule has 1 aliphatic carbocycles. The number of piperidine rings is 1. The first-order chi connectivity index (χ1) is 8.29. The zero-order chi connectivity index (χ0) is 12.1. The maximum Gasteiger partial charge on any atom is 0.149 e. The van der Waals surface area contributed by atoms with Crippen molar-refractivity contribution in [1.29, 1.82) is 0 Å². The number of carbonyl (C=O) groups is 1. The molecule has 2 aliphatic rings. The van der Waals surface area contributed by atoms with E-state index in [1.165, 1.54) is 19.3 Å². The van der Waals surface area contributed by atoms with Gasteiger partial charge in [-0.05, 0) is 32.2 Å². The summed E-state index contributed by atoms with van der Waals surface area (Å²) in [5.74, 6) is 0.827. The molecule has 1 saturated carbocycles. The monoisotopic (exact) mass is 239 g/mol. The lowest BCUT2D eigenvalue weighted by atomic mass is 9.86. The predicted molar refractivity (Wildman–Crippen MR) is 68.1 cm³/mol. The molecule has 0 radical (unpaired) electrons. The Morgan fingerprint density at radius 1 is 1.18 bits per heavy atom. The Morgan fingerprint density at radius 2 is 1.94 bits per heavy atom. The number of Topliss-reactive ketones (excluding diaryl/α,β-unsaturated/α-hetero) is 1. The fraction of sp³-hybridized carbons (Fsp3) is 0.929. The lowest BCUT2D eigenvalue weighted by Crippen LogP contribution is -2.43. The van der Waals surface area contributed by atoms with Gasteiger partial charge in [-0.25, -0.2) is 0 Å². The second kappa shape index (κ2) is 6.50. The minimum atomic E-state index is 0.336. The number of rotatable bonds is 4. The first kappa shape index (κ1) is 13.0. The number of hydrogen-bond acceptors (Lipinski definition) is 3. The lowest BCUT2D eigenvalue weighted by molar-refractivity contribution is -0.125. The van der Waals surface area contributed by atoms with E-state index in [-0.39, 0.29) is 0 Å². The van der Waals surface area contributed by atoms with Crippen LogP contribution < -0.4 is 0 Å². The molecule has 1 unspecified atom stereocenters. The van der Waals surface area contributed by atoms with Gasteiger partial charge in [0.15, 0.2) is 0 Å². The Kier molecular flexibility index (Phi) is 4.99. The highest BCUT2D eigenvalue weighted by Crippen LogP contribution is 2.25. The van der Waals surface area contributed by atoms with Gasteiger partial charge in [0, 0.05) is 19.6 Å². The summed E-state index contributed by atoms with van der Waals surface area (Å²) in [5.41, 5.74) is 0. The van der Waals surface area contributed by atoms with E-state index in [1.54, 1.807) is 7.11 Å². The minimum Gasteiger partial charge on any atom is -0.380 e. The van der Waals surface area contributed by atoms with Gasteiger partial charge in [0.25, 0.3) is 0 Å². The Balaban J connectivity index is 1.77. The van der Waals surface area contributed by atoms with E-state index in [9.17, 15) is 4.79 Å². The average Bonchev–Trinajstić information content (AvgIpc) is 2.40. The van der Waals surface area contributed by atoms with Crippen LogP contribution in [0.15, 0.2) is 0 Å². The van der Waals surface area contributed by atoms with Gasteiger partial charge in [0.05, 0.1) is 12.6 Å². The zero-order valence-electron chi connectivity index (χ0n) is 11.0. The van der Waals surface area contributed by atoms with Crippen LogP contribution >= 0.6 is 0 Å². The largest absolute Gasteiger partial charge is 0.380 e. The van der Waals surface area contributed by atoms with Crippen LogP contribution in [0.25, 0.3) is 0 Å². The van der Waals surface area contributed by atoms with E-state index < -0.39 is 0 Å². The van der Waals surface area contributed by atoms with E-state index in [0.29, 0.717) is 24.3 Å². The van der Waals surface area contributed by atoms with Crippen molar-refractivity contribution in [2.75, 3.05) is 26.7 Å². The van der Waals surface area contributed by atoms with Crippen molar-refractivity contribution in [3.63, 3.8) is 0 Å². The van der Waals surface area contributed by atoms with E-state index in [4.69, 9.17) is 4.74 Å². The molecule has 3 nitrogen and oxygen atoms in total. The Labute approximate surface area is 105 Å². The van der Waals surface area contributed by atoms with Crippen molar-refractivity contribution >= 4 is 5.78 Å². The molecule has 0 amide bonds. The van der Waals surface area contributed by atoms with E-state index in [1.807, 2.05) is 0 Å². The fourth-order valence-corrected chi connectivity index (χ4v) is 3.12. The van der Waals surface area contributed by atoms with Gasteiger partial charge in [0.1, 0.15) is 5.78 Å². The van der Waals surface area contributed by atoms with Crippen molar-refractivity contribution in [3.8, 4) is 0 Å². The molecule has 0 aromatic carbocycles. The van der Waals surface area contributed by atoms with Crippen molar-refractivity contribution in [1.82, 2.24) is 4.90 Å². The maximum absolute atomic E-state index is 12.2. The highest BCUT2D eigenvalue weighted by Gasteiger charge is 2.25. The van der Waals surface area contributed by atoms with Crippen molar-refractivity contribution in [3.05, 3.63) is 0 Å². The molecule has 3 heteroatoms. The standard InChI is InChI=1S/C14H25NO2/c1-17-13-8-5-9-15(10-13)11-14(16)12-6-3-2-4-7-12/h12-13H,2-11H2,1H3. The van der Waals surface area contributed by atoms with Gasteiger partial charge in [-0.3, -0.25) is 9.69 Å². The number of hydrogen-bond donors (Lipinski definition) is 0. The predicted octanol–water partition coefficient (Wildman–Crippen LogP) is 2.25. The van der Waals surface area contributed by atoms with Gasteiger partial charge >= 0.3 is 0 Å². The van der Waals surface area contributed by atoms with Gasteiger partial charge in [-0.15, -0.1) is 0 Å². The topological polar surface area (TPSA) is 29.5 Å². The van der Waals surface area contributed by atoms with Crippen molar-refractivity contribution in [2.24, 2.45) is 5.92 Å². The summed E-state index contributed by atoms with van der Waals surface area (Å²) in [7, 11) is 1.77. The van der Waals surface area contributed by atoms with Crippen molar-refractivity contribution in [2.45, 2.75) is 51.0 Å². The number of ether oxygens (including phenoxy) is 1. The third kappa shape index (κ3) is 3.78. The van der Waals surface area contributed by atoms with Gasteiger partial charge in [-0.2, -0.15) is 0 Å². The van der Waals surface area contributed by atoms with E-state index in [0.717, 1.165) is 38.8 Å². The molecule has 2 rings (SSSR count). The van der Waals surface area contributed by atoms with Crippen LogP contribution in [0.5, 0.6) is 0 Å². The molecule has 0 N–H and O–H groups in total. The fourth-order valence-electron chi connectivity index (χ4n) is 3.12. The van der Waals surface area contributed by atoms with Gasteiger partial charge in [-0.1, -0.05) is 19.3 Å². The summed E-state index contributed by atoms with van der Waals surface area (Å²) in [6.07, 6.45) is 8.71. The van der Waals surface area contributed by atoms with Crippen molar-refractivity contribution < 1.29 is 9.53 Å². The summed E-state index contributed by atoms with van der Waals surface area (Å²) >= 11 is 0. The number of ketones is 1. The highest BCUT2D eigenvalue weighted by molar-refractivity contribution is 5.83. The lowest BCUT2D eigenvalue weighted by Gasteiger charge is -2.32. The number of likely N-dealkylation sites (tertiary alicyclic amines) is 1. The van der Waals surface area contributed by atoms with Crippen LogP contribution in [0, 0.1) is 5.92 Å². The quantitative estimate of drug-likeness (QED) is 0.753. The Bertz CT molecular complexity index is 249. The molecular formula is C14H25NO2. The summed E-state index contributed by atoms with van der Waals surface area (Å²) < 4.78 is 5.40. The summed E-state index contributed by atoms with van der Waals surface area (Å²) in [4.78, 5) is 14.5. The Morgan fingerprint density at radius 3 is 2.65 bits per heavy atom. The molecule has 17 heavy (non-hydrogen) atoms. The minimum absolute atomic E-state index is 0.336. The number of nitrogens with zero attached hydrogens (tertiary/aromatic N) is 1. The average molecular weight is 239 g/mol. The summed E-state index contributed by atoms with van der Waals surface area (Å²) in [6, 6.07) is 0. The molecule has 1 saturated heterocycles. The van der Waals surface area contributed by atoms with Crippen LogP contribution in [0.3, 0.4) is 0 Å². The van der Waals surface area contributed by atoms with Crippen LogP contribution in [-0.4, -0.2) is 43.5 Å². The number of carbonyl (C=O) groups excluding carboxylic acids is 1. The van der Waals surface area contributed by atoms with Gasteiger partial charge < -0.3 is 4.74 Å². The normalized spacial score (nSPS) is 28.2. The molecule has 0 aromatic rings. The van der Waals surface area contributed by atoms with Crippen LogP contribution in [0.2, 0.25) is 0 Å².